The first-order valence-electron chi connectivity index (χ1n) is 5.99. The van der Waals surface area contributed by atoms with E-state index in [4.69, 9.17) is 0 Å². The SMILES string of the molecule is CCC/C=C(\C(=O)O)[Si](C)(C)c1ccccc1. The highest BCUT2D eigenvalue weighted by atomic mass is 28.3. The average Bonchev–Trinajstić information content (AvgIpc) is 2.30. The third-order valence-electron chi connectivity index (χ3n) is 3.04. The van der Waals surface area contributed by atoms with Crippen molar-refractivity contribution in [3.63, 3.8) is 0 Å². The monoisotopic (exact) mass is 248 g/mol. The van der Waals surface area contributed by atoms with Gasteiger partial charge in [-0.15, -0.1) is 0 Å². The molecule has 3 heteroatoms. The van der Waals surface area contributed by atoms with Crippen molar-refractivity contribution >= 4 is 19.2 Å². The van der Waals surface area contributed by atoms with Gasteiger partial charge in [-0.05, 0) is 6.42 Å². The molecule has 0 atom stereocenters. The molecule has 1 rings (SSSR count). The average molecular weight is 248 g/mol. The van der Waals surface area contributed by atoms with Gasteiger partial charge in [0.2, 0.25) is 0 Å². The first-order valence-corrected chi connectivity index (χ1v) is 8.99. The van der Waals surface area contributed by atoms with Gasteiger partial charge in [0.25, 0.3) is 0 Å². The minimum atomic E-state index is -2.05. The molecule has 0 aliphatic heterocycles. The first kappa shape index (κ1) is 13.7. The summed E-state index contributed by atoms with van der Waals surface area (Å²) >= 11 is 0. The van der Waals surface area contributed by atoms with Crippen molar-refractivity contribution in [2.45, 2.75) is 32.9 Å². The van der Waals surface area contributed by atoms with E-state index in [0.717, 1.165) is 12.8 Å². The molecule has 1 aromatic carbocycles. The van der Waals surface area contributed by atoms with E-state index < -0.39 is 14.0 Å². The van der Waals surface area contributed by atoms with Crippen molar-refractivity contribution in [2.24, 2.45) is 0 Å². The van der Waals surface area contributed by atoms with Gasteiger partial charge in [0.05, 0.1) is 0 Å². The van der Waals surface area contributed by atoms with Crippen LogP contribution in [0.5, 0.6) is 0 Å². The molecular formula is C14H20O2Si. The Kier molecular flexibility index (Phi) is 4.69. The van der Waals surface area contributed by atoms with Crippen LogP contribution in [-0.2, 0) is 4.79 Å². The number of hydrogen-bond acceptors (Lipinski definition) is 1. The summed E-state index contributed by atoms with van der Waals surface area (Å²) in [5, 5.41) is 11.2. The number of rotatable bonds is 5. The molecule has 1 aromatic rings. The Bertz CT molecular complexity index is 407. The zero-order valence-corrected chi connectivity index (χ0v) is 11.7. The van der Waals surface area contributed by atoms with Gasteiger partial charge >= 0.3 is 5.97 Å². The number of allylic oxidation sites excluding steroid dienone is 1. The van der Waals surface area contributed by atoms with Crippen LogP contribution >= 0.6 is 0 Å². The highest BCUT2D eigenvalue weighted by Gasteiger charge is 2.32. The number of benzene rings is 1. The Hall–Kier alpha value is -1.35. The van der Waals surface area contributed by atoms with E-state index in [1.165, 1.54) is 5.19 Å². The van der Waals surface area contributed by atoms with Gasteiger partial charge in [-0.3, -0.25) is 0 Å². The zero-order chi connectivity index (χ0) is 12.9. The molecule has 0 aliphatic rings. The molecule has 2 nitrogen and oxygen atoms in total. The molecule has 0 bridgehead atoms. The van der Waals surface area contributed by atoms with Crippen LogP contribution in [0.25, 0.3) is 0 Å². The number of unbranched alkanes of at least 4 members (excludes halogenated alkanes) is 1. The lowest BCUT2D eigenvalue weighted by Crippen LogP contribution is -2.46. The van der Waals surface area contributed by atoms with E-state index >= 15 is 0 Å². The Labute approximate surface area is 104 Å². The number of hydrogen-bond donors (Lipinski definition) is 1. The maximum atomic E-state index is 11.4. The van der Waals surface area contributed by atoms with Crippen LogP contribution in [0.15, 0.2) is 41.6 Å². The minimum absolute atomic E-state index is 0.616. The van der Waals surface area contributed by atoms with Gasteiger partial charge in [0.15, 0.2) is 0 Å². The summed E-state index contributed by atoms with van der Waals surface area (Å²) in [6.45, 7) is 6.25. The molecule has 1 N–H and O–H groups in total. The smallest absolute Gasteiger partial charge is 0.327 e. The van der Waals surface area contributed by atoms with Crippen LogP contribution in [0.1, 0.15) is 19.8 Å². The quantitative estimate of drug-likeness (QED) is 0.642. The lowest BCUT2D eigenvalue weighted by molar-refractivity contribution is -0.132. The topological polar surface area (TPSA) is 37.3 Å². The molecule has 0 radical (unpaired) electrons. The van der Waals surface area contributed by atoms with Crippen molar-refractivity contribution in [1.29, 1.82) is 0 Å². The van der Waals surface area contributed by atoms with Gasteiger partial charge < -0.3 is 5.11 Å². The molecule has 17 heavy (non-hydrogen) atoms. The van der Waals surface area contributed by atoms with E-state index in [-0.39, 0.29) is 0 Å². The van der Waals surface area contributed by atoms with Crippen molar-refractivity contribution in [1.82, 2.24) is 0 Å². The van der Waals surface area contributed by atoms with Crippen molar-refractivity contribution in [2.75, 3.05) is 0 Å². The summed E-state index contributed by atoms with van der Waals surface area (Å²) in [5.41, 5.74) is 0. The third-order valence-corrected chi connectivity index (χ3v) is 6.58. The van der Waals surface area contributed by atoms with E-state index in [1.54, 1.807) is 0 Å². The largest absolute Gasteiger partial charge is 0.478 e. The van der Waals surface area contributed by atoms with Gasteiger partial charge in [-0.2, -0.15) is 0 Å². The van der Waals surface area contributed by atoms with Gasteiger partial charge in [0, 0.05) is 5.20 Å². The summed E-state index contributed by atoms with van der Waals surface area (Å²) in [7, 11) is -2.05. The number of carbonyl (C=O) groups is 1. The summed E-state index contributed by atoms with van der Waals surface area (Å²) < 4.78 is 0. The van der Waals surface area contributed by atoms with E-state index in [1.807, 2.05) is 36.4 Å². The van der Waals surface area contributed by atoms with Crippen LogP contribution in [0, 0.1) is 0 Å². The Balaban J connectivity index is 3.13. The van der Waals surface area contributed by atoms with Crippen molar-refractivity contribution in [3.8, 4) is 0 Å². The second-order valence-corrected chi connectivity index (χ2v) is 9.07. The van der Waals surface area contributed by atoms with Crippen molar-refractivity contribution in [3.05, 3.63) is 41.6 Å². The molecule has 0 aromatic heterocycles. The molecule has 0 aliphatic carbocycles. The van der Waals surface area contributed by atoms with Gasteiger partial charge in [-0.25, -0.2) is 4.79 Å². The molecule has 0 unspecified atom stereocenters. The summed E-state index contributed by atoms with van der Waals surface area (Å²) in [4.78, 5) is 11.4. The molecule has 0 saturated carbocycles. The standard InChI is InChI=1S/C14H20O2Si/c1-4-5-11-13(14(15)16)17(2,3)12-9-7-6-8-10-12/h6-11H,4-5H2,1-3H3,(H,15,16)/b13-11+. The number of carboxylic acid groups (broad SMARTS) is 1. The van der Waals surface area contributed by atoms with Gasteiger partial charge in [0.1, 0.15) is 8.07 Å². The van der Waals surface area contributed by atoms with Crippen LogP contribution in [-0.4, -0.2) is 19.1 Å². The minimum Gasteiger partial charge on any atom is -0.478 e. The predicted molar refractivity (Wildman–Crippen MR) is 74.2 cm³/mol. The van der Waals surface area contributed by atoms with E-state index in [2.05, 4.69) is 20.0 Å². The first-order chi connectivity index (χ1) is 8.00. The van der Waals surface area contributed by atoms with Crippen LogP contribution < -0.4 is 5.19 Å². The molecule has 0 saturated heterocycles. The molecule has 92 valence electrons. The predicted octanol–water partition coefficient (Wildman–Crippen LogP) is 2.95. The van der Waals surface area contributed by atoms with E-state index in [9.17, 15) is 9.90 Å². The molecule has 0 spiro atoms. The molecule has 0 fully saturated rings. The Morgan fingerprint density at radius 3 is 2.35 bits per heavy atom. The maximum Gasteiger partial charge on any atom is 0.327 e. The van der Waals surface area contributed by atoms with Gasteiger partial charge in [-0.1, -0.05) is 68.0 Å². The lowest BCUT2D eigenvalue weighted by Gasteiger charge is -2.24. The third kappa shape index (κ3) is 3.30. The Morgan fingerprint density at radius 2 is 1.88 bits per heavy atom. The van der Waals surface area contributed by atoms with E-state index in [0.29, 0.717) is 5.20 Å². The second-order valence-electron chi connectivity index (χ2n) is 4.70. The zero-order valence-electron chi connectivity index (χ0n) is 10.7. The summed E-state index contributed by atoms with van der Waals surface area (Å²) in [6, 6.07) is 9.99. The fourth-order valence-electron chi connectivity index (χ4n) is 1.91. The fourth-order valence-corrected chi connectivity index (χ4v) is 4.43. The summed E-state index contributed by atoms with van der Waals surface area (Å²) in [6.07, 6.45) is 3.72. The maximum absolute atomic E-state index is 11.4. The highest BCUT2D eigenvalue weighted by molar-refractivity contribution is 6.98. The normalized spacial score (nSPS) is 12.5. The molecule has 0 heterocycles. The Morgan fingerprint density at radius 1 is 1.29 bits per heavy atom. The number of carboxylic acids is 1. The van der Waals surface area contributed by atoms with Crippen molar-refractivity contribution < 1.29 is 9.90 Å². The van der Waals surface area contributed by atoms with Crippen LogP contribution in [0.3, 0.4) is 0 Å². The molecule has 0 amide bonds. The van der Waals surface area contributed by atoms with Crippen LogP contribution in [0.4, 0.5) is 0 Å². The molecular weight excluding hydrogens is 228 g/mol. The van der Waals surface area contributed by atoms with Crippen LogP contribution in [0.2, 0.25) is 13.1 Å². The summed E-state index contributed by atoms with van der Waals surface area (Å²) in [5.74, 6) is -0.765. The fraction of sp³-hybridized carbons (Fsp3) is 0.357. The second kappa shape index (κ2) is 5.82. The lowest BCUT2D eigenvalue weighted by atomic mass is 10.3. The highest BCUT2D eigenvalue weighted by Crippen LogP contribution is 2.16. The number of aliphatic carboxylic acids is 1.